The van der Waals surface area contributed by atoms with E-state index in [0.717, 1.165) is 5.39 Å². The molecule has 9 heteroatoms. The molecule has 1 saturated heterocycles. The molecule has 1 unspecified atom stereocenters. The van der Waals surface area contributed by atoms with Gasteiger partial charge in [-0.2, -0.15) is 5.26 Å². The molecule has 0 radical (unpaired) electrons. The highest BCUT2D eigenvalue weighted by Gasteiger charge is 2.45. The van der Waals surface area contributed by atoms with Crippen LogP contribution < -0.4 is 11.1 Å². The third-order valence-corrected chi connectivity index (χ3v) is 4.90. The van der Waals surface area contributed by atoms with Gasteiger partial charge in [-0.05, 0) is 12.1 Å². The monoisotopic (exact) mass is 368 g/mol. The molecule has 3 N–H and O–H groups in total. The number of aromatic nitrogens is 1. The van der Waals surface area contributed by atoms with Gasteiger partial charge in [-0.3, -0.25) is 10.1 Å². The molecule has 1 aromatic heterocycles. The van der Waals surface area contributed by atoms with Gasteiger partial charge in [0.05, 0.1) is 22.1 Å². The number of halogens is 1. The smallest absolute Gasteiger partial charge is 0.299 e. The van der Waals surface area contributed by atoms with E-state index in [1.165, 1.54) is 0 Å². The van der Waals surface area contributed by atoms with E-state index in [4.69, 9.17) is 17.3 Å². The molecule has 130 valence electrons. The molecule has 26 heavy (non-hydrogen) atoms. The standard InChI is InChI=1S/C17H13ClN6O2/c18-15-10(7-9-3-1-2-4-12(9)22-15)13-11(8-19)16(20)23-6-5-21-17(23)14(13)24(25)26/h1-4,7,13,21H,5-6,20H2. The fourth-order valence-corrected chi connectivity index (χ4v) is 3.71. The maximum atomic E-state index is 11.9. The average Bonchev–Trinajstić information content (AvgIpc) is 3.10. The lowest BCUT2D eigenvalue weighted by molar-refractivity contribution is -0.432. The van der Waals surface area contributed by atoms with Crippen LogP contribution in [0.15, 0.2) is 53.2 Å². The van der Waals surface area contributed by atoms with Crippen molar-refractivity contribution in [3.8, 4) is 6.07 Å². The van der Waals surface area contributed by atoms with Crippen molar-refractivity contribution in [1.29, 1.82) is 5.26 Å². The number of fused-ring (bicyclic) bond motifs is 2. The summed E-state index contributed by atoms with van der Waals surface area (Å²) in [5, 5.41) is 25.4. The molecule has 1 fully saturated rings. The van der Waals surface area contributed by atoms with Gasteiger partial charge in [-0.1, -0.05) is 29.8 Å². The summed E-state index contributed by atoms with van der Waals surface area (Å²) < 4.78 is 0. The Morgan fingerprint density at radius 2 is 2.23 bits per heavy atom. The van der Waals surface area contributed by atoms with Crippen LogP contribution in [0.4, 0.5) is 0 Å². The first-order chi connectivity index (χ1) is 12.5. The van der Waals surface area contributed by atoms with Crippen molar-refractivity contribution in [3.63, 3.8) is 0 Å². The lowest BCUT2D eigenvalue weighted by atomic mass is 9.86. The number of rotatable bonds is 2. The van der Waals surface area contributed by atoms with Crippen LogP contribution >= 0.6 is 11.6 Å². The van der Waals surface area contributed by atoms with Crippen molar-refractivity contribution in [2.24, 2.45) is 5.73 Å². The van der Waals surface area contributed by atoms with E-state index in [-0.39, 0.29) is 22.2 Å². The molecule has 2 aromatic rings. The first-order valence-electron chi connectivity index (χ1n) is 7.87. The van der Waals surface area contributed by atoms with Gasteiger partial charge in [0.2, 0.25) is 0 Å². The lowest BCUT2D eigenvalue weighted by Gasteiger charge is -2.29. The van der Waals surface area contributed by atoms with Crippen molar-refractivity contribution in [2.75, 3.05) is 13.1 Å². The number of nitro groups is 1. The summed E-state index contributed by atoms with van der Waals surface area (Å²) in [6.45, 7) is 0.961. The van der Waals surface area contributed by atoms with Crippen molar-refractivity contribution in [2.45, 2.75) is 5.92 Å². The Labute approximate surface area is 153 Å². The minimum atomic E-state index is -0.989. The van der Waals surface area contributed by atoms with Crippen LogP contribution in [-0.2, 0) is 0 Å². The van der Waals surface area contributed by atoms with Crippen molar-refractivity contribution in [1.82, 2.24) is 15.2 Å². The minimum absolute atomic E-state index is 0.100. The van der Waals surface area contributed by atoms with Gasteiger partial charge < -0.3 is 16.0 Å². The zero-order valence-corrected chi connectivity index (χ0v) is 14.2. The highest BCUT2D eigenvalue weighted by atomic mass is 35.5. The van der Waals surface area contributed by atoms with Crippen molar-refractivity contribution < 1.29 is 4.92 Å². The van der Waals surface area contributed by atoms with Gasteiger partial charge in [-0.15, -0.1) is 0 Å². The largest absolute Gasteiger partial charge is 0.384 e. The number of allylic oxidation sites excluding steroid dienone is 1. The van der Waals surface area contributed by atoms with E-state index >= 15 is 0 Å². The first kappa shape index (κ1) is 16.2. The molecule has 0 saturated carbocycles. The average molecular weight is 369 g/mol. The molecular weight excluding hydrogens is 356 g/mol. The molecule has 0 spiro atoms. The summed E-state index contributed by atoms with van der Waals surface area (Å²) in [6.07, 6.45) is 0. The summed E-state index contributed by atoms with van der Waals surface area (Å²) in [5.74, 6) is -0.482. The fraction of sp³-hybridized carbons (Fsp3) is 0.176. The normalized spacial score (nSPS) is 19.4. The summed E-state index contributed by atoms with van der Waals surface area (Å²) in [7, 11) is 0. The number of para-hydroxylation sites is 1. The molecule has 0 bridgehead atoms. The topological polar surface area (TPSA) is 121 Å². The van der Waals surface area contributed by atoms with Gasteiger partial charge in [0.25, 0.3) is 5.70 Å². The van der Waals surface area contributed by atoms with Gasteiger partial charge in [0, 0.05) is 24.0 Å². The van der Waals surface area contributed by atoms with Gasteiger partial charge in [-0.25, -0.2) is 4.98 Å². The van der Waals surface area contributed by atoms with Crippen LogP contribution in [0.1, 0.15) is 11.5 Å². The van der Waals surface area contributed by atoms with Crippen LogP contribution in [0.25, 0.3) is 10.9 Å². The van der Waals surface area contributed by atoms with E-state index in [1.54, 1.807) is 17.0 Å². The Balaban J connectivity index is 2.01. The SMILES string of the molecule is N#CC1=C(N)N2CCNC2=C([N+](=O)[O-])C1c1cc2ccccc2nc1Cl. The maximum absolute atomic E-state index is 11.9. The predicted molar refractivity (Wildman–Crippen MR) is 95.0 cm³/mol. The molecule has 3 heterocycles. The van der Waals surface area contributed by atoms with E-state index in [0.29, 0.717) is 30.0 Å². The Bertz CT molecular complexity index is 1050. The highest BCUT2D eigenvalue weighted by molar-refractivity contribution is 6.30. The van der Waals surface area contributed by atoms with Gasteiger partial charge in [0.1, 0.15) is 16.9 Å². The number of nitrogens with two attached hydrogens (primary N) is 1. The van der Waals surface area contributed by atoms with Crippen LogP contribution in [0.3, 0.4) is 0 Å². The summed E-state index contributed by atoms with van der Waals surface area (Å²) in [5.41, 5.74) is 7.16. The molecule has 8 nitrogen and oxygen atoms in total. The van der Waals surface area contributed by atoms with Crippen molar-refractivity contribution >= 4 is 22.5 Å². The predicted octanol–water partition coefficient (Wildman–Crippen LogP) is 2.03. The van der Waals surface area contributed by atoms with E-state index in [9.17, 15) is 15.4 Å². The van der Waals surface area contributed by atoms with Crippen LogP contribution in [0.5, 0.6) is 0 Å². The second-order valence-corrected chi connectivity index (χ2v) is 6.33. The Kier molecular flexibility index (Phi) is 3.67. The second-order valence-electron chi connectivity index (χ2n) is 5.97. The second kappa shape index (κ2) is 5.89. The highest BCUT2D eigenvalue weighted by Crippen LogP contribution is 2.43. The molecular formula is C17H13ClN6O2. The fourth-order valence-electron chi connectivity index (χ4n) is 3.46. The van der Waals surface area contributed by atoms with Crippen LogP contribution in [0.2, 0.25) is 5.15 Å². The molecule has 0 amide bonds. The minimum Gasteiger partial charge on any atom is -0.384 e. The molecule has 1 aromatic carbocycles. The van der Waals surface area contributed by atoms with Crippen LogP contribution in [0, 0.1) is 21.4 Å². The zero-order chi connectivity index (χ0) is 18.4. The summed E-state index contributed by atoms with van der Waals surface area (Å²) in [4.78, 5) is 17.3. The van der Waals surface area contributed by atoms with E-state index in [1.807, 2.05) is 24.3 Å². The summed E-state index contributed by atoms with van der Waals surface area (Å²) >= 11 is 6.36. The van der Waals surface area contributed by atoms with E-state index < -0.39 is 10.8 Å². The molecule has 2 aliphatic heterocycles. The first-order valence-corrected chi connectivity index (χ1v) is 8.25. The number of nitrogens with one attached hydrogen (secondary N) is 1. The number of hydrogen-bond acceptors (Lipinski definition) is 7. The maximum Gasteiger partial charge on any atom is 0.299 e. The number of pyridine rings is 1. The van der Waals surface area contributed by atoms with Gasteiger partial charge >= 0.3 is 0 Å². The molecule has 1 atom stereocenters. The number of nitriles is 1. The Hall–Kier alpha value is -3.31. The number of hydrogen-bond donors (Lipinski definition) is 2. The van der Waals surface area contributed by atoms with Crippen molar-refractivity contribution in [3.05, 3.63) is 74.1 Å². The number of benzene rings is 1. The molecule has 4 rings (SSSR count). The third kappa shape index (κ3) is 2.25. The molecule has 2 aliphatic rings. The quantitative estimate of drug-likeness (QED) is 0.472. The third-order valence-electron chi connectivity index (χ3n) is 4.60. The number of nitrogens with zero attached hydrogens (tertiary/aromatic N) is 4. The van der Waals surface area contributed by atoms with Crippen LogP contribution in [-0.4, -0.2) is 27.9 Å². The van der Waals surface area contributed by atoms with E-state index in [2.05, 4.69) is 10.3 Å². The molecule has 0 aliphatic carbocycles. The Morgan fingerprint density at radius 3 is 2.96 bits per heavy atom. The Morgan fingerprint density at radius 1 is 1.46 bits per heavy atom. The summed E-state index contributed by atoms with van der Waals surface area (Å²) in [6, 6.07) is 11.1. The lowest BCUT2D eigenvalue weighted by Crippen LogP contribution is -2.36. The zero-order valence-electron chi connectivity index (χ0n) is 13.4. The van der Waals surface area contributed by atoms with Gasteiger partial charge in [0.15, 0.2) is 5.82 Å².